The molecule has 0 saturated carbocycles. The van der Waals surface area contributed by atoms with Gasteiger partial charge in [0.1, 0.15) is 0 Å². The summed E-state index contributed by atoms with van der Waals surface area (Å²) in [4.78, 5) is 33.1. The van der Waals surface area contributed by atoms with E-state index in [2.05, 4.69) is 11.6 Å². The first-order valence-electron chi connectivity index (χ1n) is 9.51. The van der Waals surface area contributed by atoms with Crippen molar-refractivity contribution in [2.24, 2.45) is 0 Å². The predicted molar refractivity (Wildman–Crippen MR) is 117 cm³/mol. The van der Waals surface area contributed by atoms with Crippen LogP contribution in [0, 0.1) is 0 Å². The minimum absolute atomic E-state index is 0.133. The number of rotatable bonds is 6. The maximum absolute atomic E-state index is 13.1. The summed E-state index contributed by atoms with van der Waals surface area (Å²) in [6.45, 7) is 4.88. The van der Waals surface area contributed by atoms with Gasteiger partial charge in [0.15, 0.2) is 5.13 Å². The third-order valence-corrected chi connectivity index (χ3v) is 5.71. The summed E-state index contributed by atoms with van der Waals surface area (Å²) in [5.41, 5.74) is 3.25. The Morgan fingerprint density at radius 3 is 2.59 bits per heavy atom. The van der Waals surface area contributed by atoms with Crippen molar-refractivity contribution in [3.05, 3.63) is 78.2 Å². The second-order valence-electron chi connectivity index (χ2n) is 6.78. The standard InChI is InChI=1S/C23H21N3O2S/c1-2-14-26(23-24-20(16-29-23)17-7-4-3-5-8-17)22(28)18-10-12-19(13-11-18)25-15-6-9-21(25)27/h2-5,7-8,10-13,16H,1,6,9,14-15H2. The molecule has 146 valence electrons. The van der Waals surface area contributed by atoms with Gasteiger partial charge in [0.05, 0.1) is 5.69 Å². The van der Waals surface area contributed by atoms with Crippen molar-refractivity contribution in [2.75, 3.05) is 22.9 Å². The van der Waals surface area contributed by atoms with Gasteiger partial charge < -0.3 is 4.90 Å². The molecular formula is C23H21N3O2S. The van der Waals surface area contributed by atoms with Crippen LogP contribution in [-0.4, -0.2) is 29.9 Å². The molecule has 0 bridgehead atoms. The van der Waals surface area contributed by atoms with Crippen LogP contribution in [0.2, 0.25) is 0 Å². The van der Waals surface area contributed by atoms with Crippen LogP contribution < -0.4 is 9.80 Å². The van der Waals surface area contributed by atoms with E-state index in [1.165, 1.54) is 11.3 Å². The molecule has 0 aliphatic carbocycles. The summed E-state index contributed by atoms with van der Waals surface area (Å²) in [5.74, 6) is -0.00764. The van der Waals surface area contributed by atoms with Gasteiger partial charge in [-0.25, -0.2) is 4.98 Å². The number of carbonyl (C=O) groups excluding carboxylic acids is 2. The van der Waals surface area contributed by atoms with Crippen molar-refractivity contribution in [1.29, 1.82) is 0 Å². The van der Waals surface area contributed by atoms with Crippen molar-refractivity contribution in [3.63, 3.8) is 0 Å². The molecule has 1 saturated heterocycles. The summed E-state index contributed by atoms with van der Waals surface area (Å²) in [6, 6.07) is 17.1. The van der Waals surface area contributed by atoms with Crippen LogP contribution in [0.5, 0.6) is 0 Å². The molecule has 0 N–H and O–H groups in total. The van der Waals surface area contributed by atoms with Crippen LogP contribution in [0.1, 0.15) is 23.2 Å². The second-order valence-corrected chi connectivity index (χ2v) is 7.62. The van der Waals surface area contributed by atoms with E-state index in [0.29, 0.717) is 23.7 Å². The van der Waals surface area contributed by atoms with E-state index in [0.717, 1.165) is 29.9 Å². The SMILES string of the molecule is C=CCN(C(=O)c1ccc(N2CCCC2=O)cc1)c1nc(-c2ccccc2)cs1. The van der Waals surface area contributed by atoms with E-state index in [1.54, 1.807) is 28.0 Å². The van der Waals surface area contributed by atoms with E-state index in [1.807, 2.05) is 47.8 Å². The molecule has 0 radical (unpaired) electrons. The van der Waals surface area contributed by atoms with Crippen LogP contribution >= 0.6 is 11.3 Å². The molecule has 2 aromatic carbocycles. The summed E-state index contributed by atoms with van der Waals surface area (Å²) in [5, 5.41) is 2.59. The van der Waals surface area contributed by atoms with E-state index in [-0.39, 0.29) is 11.8 Å². The largest absolute Gasteiger partial charge is 0.312 e. The molecule has 2 amide bonds. The smallest absolute Gasteiger partial charge is 0.260 e. The molecule has 0 spiro atoms. The lowest BCUT2D eigenvalue weighted by atomic mass is 10.1. The zero-order chi connectivity index (χ0) is 20.2. The Kier molecular flexibility index (Phi) is 5.53. The fraction of sp³-hybridized carbons (Fsp3) is 0.174. The quantitative estimate of drug-likeness (QED) is 0.557. The third kappa shape index (κ3) is 3.98. The minimum Gasteiger partial charge on any atom is -0.312 e. The van der Waals surface area contributed by atoms with E-state index in [4.69, 9.17) is 0 Å². The highest BCUT2D eigenvalue weighted by Crippen LogP contribution is 2.29. The topological polar surface area (TPSA) is 53.5 Å². The zero-order valence-corrected chi connectivity index (χ0v) is 16.8. The van der Waals surface area contributed by atoms with Gasteiger partial charge in [0, 0.05) is 41.7 Å². The van der Waals surface area contributed by atoms with Gasteiger partial charge >= 0.3 is 0 Å². The molecule has 29 heavy (non-hydrogen) atoms. The summed E-state index contributed by atoms with van der Waals surface area (Å²) >= 11 is 1.43. The number of anilines is 2. The van der Waals surface area contributed by atoms with Gasteiger partial charge in [0.25, 0.3) is 5.91 Å². The highest BCUT2D eigenvalue weighted by molar-refractivity contribution is 7.14. The average molecular weight is 404 g/mol. The first-order valence-corrected chi connectivity index (χ1v) is 10.4. The Balaban J connectivity index is 1.57. The van der Waals surface area contributed by atoms with Crippen LogP contribution in [-0.2, 0) is 4.79 Å². The molecule has 4 rings (SSSR count). The van der Waals surface area contributed by atoms with Crippen LogP contribution in [0.25, 0.3) is 11.3 Å². The van der Waals surface area contributed by atoms with Gasteiger partial charge in [0.2, 0.25) is 5.91 Å². The van der Waals surface area contributed by atoms with Crippen molar-refractivity contribution in [3.8, 4) is 11.3 Å². The number of benzene rings is 2. The number of amides is 2. The normalized spacial score (nSPS) is 13.5. The average Bonchev–Trinajstić information content (AvgIpc) is 3.42. The molecule has 2 heterocycles. The van der Waals surface area contributed by atoms with Crippen LogP contribution in [0.4, 0.5) is 10.8 Å². The highest BCUT2D eigenvalue weighted by Gasteiger charge is 2.23. The first kappa shape index (κ1) is 19.1. The lowest BCUT2D eigenvalue weighted by Crippen LogP contribution is -2.31. The summed E-state index contributed by atoms with van der Waals surface area (Å²) < 4.78 is 0. The van der Waals surface area contributed by atoms with Crippen molar-refractivity contribution >= 4 is 34.0 Å². The first-order chi connectivity index (χ1) is 14.2. The molecule has 0 unspecified atom stereocenters. The number of carbonyl (C=O) groups is 2. The molecule has 3 aromatic rings. The Hall–Kier alpha value is -3.25. The van der Waals surface area contributed by atoms with Crippen molar-refractivity contribution < 1.29 is 9.59 Å². The van der Waals surface area contributed by atoms with Crippen LogP contribution in [0.3, 0.4) is 0 Å². The van der Waals surface area contributed by atoms with Crippen LogP contribution in [0.15, 0.2) is 72.6 Å². The lowest BCUT2D eigenvalue weighted by Gasteiger charge is -2.19. The fourth-order valence-electron chi connectivity index (χ4n) is 3.37. The highest BCUT2D eigenvalue weighted by atomic mass is 32.1. The Morgan fingerprint density at radius 1 is 1.17 bits per heavy atom. The van der Waals surface area contributed by atoms with Crippen molar-refractivity contribution in [1.82, 2.24) is 4.98 Å². The zero-order valence-electron chi connectivity index (χ0n) is 16.0. The lowest BCUT2D eigenvalue weighted by molar-refractivity contribution is -0.117. The van der Waals surface area contributed by atoms with Gasteiger partial charge in [-0.2, -0.15) is 0 Å². The molecular weight excluding hydrogens is 382 g/mol. The third-order valence-electron chi connectivity index (χ3n) is 4.85. The number of thiazole rings is 1. The van der Waals surface area contributed by atoms with Gasteiger partial charge in [-0.3, -0.25) is 14.5 Å². The van der Waals surface area contributed by atoms with E-state index >= 15 is 0 Å². The molecule has 5 nitrogen and oxygen atoms in total. The molecule has 1 aliphatic rings. The molecule has 1 aliphatic heterocycles. The number of aromatic nitrogens is 1. The molecule has 1 fully saturated rings. The van der Waals surface area contributed by atoms with E-state index in [9.17, 15) is 9.59 Å². The van der Waals surface area contributed by atoms with Crippen molar-refractivity contribution in [2.45, 2.75) is 12.8 Å². The summed E-state index contributed by atoms with van der Waals surface area (Å²) in [7, 11) is 0. The summed E-state index contributed by atoms with van der Waals surface area (Å²) in [6.07, 6.45) is 3.15. The van der Waals surface area contributed by atoms with Gasteiger partial charge in [-0.1, -0.05) is 36.4 Å². The Bertz CT molecular complexity index is 1030. The molecule has 6 heteroatoms. The molecule has 0 atom stereocenters. The number of nitrogens with zero attached hydrogens (tertiary/aromatic N) is 3. The van der Waals surface area contributed by atoms with Gasteiger partial charge in [-0.05, 0) is 30.7 Å². The second kappa shape index (κ2) is 8.41. The maximum atomic E-state index is 13.1. The predicted octanol–water partition coefficient (Wildman–Crippen LogP) is 4.77. The van der Waals surface area contributed by atoms with E-state index < -0.39 is 0 Å². The van der Waals surface area contributed by atoms with Gasteiger partial charge in [-0.15, -0.1) is 17.9 Å². The fourth-order valence-corrected chi connectivity index (χ4v) is 4.21. The minimum atomic E-state index is -0.141. The molecule has 1 aromatic heterocycles. The number of hydrogen-bond donors (Lipinski definition) is 0. The Labute approximate surface area is 173 Å². The number of hydrogen-bond acceptors (Lipinski definition) is 4. The monoisotopic (exact) mass is 403 g/mol. The Morgan fingerprint density at radius 2 is 1.93 bits per heavy atom. The maximum Gasteiger partial charge on any atom is 0.260 e.